The van der Waals surface area contributed by atoms with Crippen molar-refractivity contribution in [1.29, 1.82) is 0 Å². The molecular weight excluding hydrogens is 246 g/mol. The molecule has 1 unspecified atom stereocenters. The summed E-state index contributed by atoms with van der Waals surface area (Å²) in [5.74, 6) is -0.578. The van der Waals surface area contributed by atoms with Crippen LogP contribution in [0.3, 0.4) is 0 Å². The number of hydrogen-bond acceptors (Lipinski definition) is 5. The molecule has 0 spiro atoms. The molecule has 1 aromatic carbocycles. The molecule has 7 nitrogen and oxygen atoms in total. The molecule has 1 atom stereocenters. The van der Waals surface area contributed by atoms with Crippen LogP contribution in [0.4, 0.5) is 5.69 Å². The first-order valence-electron chi connectivity index (χ1n) is 5.79. The Hall–Kier alpha value is -2.44. The first kappa shape index (κ1) is 13.0. The van der Waals surface area contributed by atoms with E-state index >= 15 is 0 Å². The summed E-state index contributed by atoms with van der Waals surface area (Å²) < 4.78 is 0. The van der Waals surface area contributed by atoms with Crippen molar-refractivity contribution in [3.05, 3.63) is 24.3 Å². The maximum Gasteiger partial charge on any atom is 0.330 e. The van der Waals surface area contributed by atoms with Crippen LogP contribution in [-0.2, 0) is 4.79 Å². The summed E-state index contributed by atoms with van der Waals surface area (Å²) in [6, 6.07) is 6.81. The molecule has 0 aliphatic rings. The third kappa shape index (κ3) is 2.70. The largest absolute Gasteiger partial charge is 0.480 e. The van der Waals surface area contributed by atoms with Gasteiger partial charge in [0.15, 0.2) is 6.04 Å². The van der Waals surface area contributed by atoms with Crippen molar-refractivity contribution in [2.24, 2.45) is 0 Å². The standard InChI is InChI=1S/C12H15N5O2/c1-8(12(18)19)17-14-11(13-15-17)9-4-6-10(7-5-9)16(2)3/h4-8H,1-3H3,(H,18,19). The normalized spacial score (nSPS) is 12.2. The van der Waals surface area contributed by atoms with E-state index in [-0.39, 0.29) is 0 Å². The molecule has 0 saturated carbocycles. The van der Waals surface area contributed by atoms with Gasteiger partial charge < -0.3 is 10.0 Å². The van der Waals surface area contributed by atoms with Gasteiger partial charge in [0.05, 0.1) is 0 Å². The van der Waals surface area contributed by atoms with Crippen molar-refractivity contribution in [2.45, 2.75) is 13.0 Å². The minimum atomic E-state index is -0.994. The van der Waals surface area contributed by atoms with Crippen molar-refractivity contribution in [1.82, 2.24) is 20.2 Å². The average Bonchev–Trinajstić information content (AvgIpc) is 2.87. The topological polar surface area (TPSA) is 84.1 Å². The highest BCUT2D eigenvalue weighted by Crippen LogP contribution is 2.19. The summed E-state index contributed by atoms with van der Waals surface area (Å²) in [4.78, 5) is 13.9. The zero-order valence-corrected chi connectivity index (χ0v) is 11.0. The molecule has 100 valence electrons. The van der Waals surface area contributed by atoms with E-state index in [4.69, 9.17) is 5.11 Å². The molecule has 2 rings (SSSR count). The second-order valence-electron chi connectivity index (χ2n) is 4.39. The Bertz CT molecular complexity index is 576. The van der Waals surface area contributed by atoms with Crippen LogP contribution in [0.1, 0.15) is 13.0 Å². The van der Waals surface area contributed by atoms with Crippen LogP contribution in [0.15, 0.2) is 24.3 Å². The zero-order chi connectivity index (χ0) is 14.0. The Labute approximate surface area is 110 Å². The molecular formula is C12H15N5O2. The lowest BCUT2D eigenvalue weighted by atomic mass is 10.2. The molecule has 0 aliphatic heterocycles. The zero-order valence-electron chi connectivity index (χ0n) is 11.0. The summed E-state index contributed by atoms with van der Waals surface area (Å²) >= 11 is 0. The summed E-state index contributed by atoms with van der Waals surface area (Å²) in [5, 5.41) is 20.6. The molecule has 19 heavy (non-hydrogen) atoms. The quantitative estimate of drug-likeness (QED) is 0.885. The fraction of sp³-hybridized carbons (Fsp3) is 0.333. The number of tetrazole rings is 1. The van der Waals surface area contributed by atoms with E-state index in [2.05, 4.69) is 15.4 Å². The first-order chi connectivity index (χ1) is 8.99. The van der Waals surface area contributed by atoms with E-state index < -0.39 is 12.0 Å². The van der Waals surface area contributed by atoms with Crippen LogP contribution in [0.2, 0.25) is 0 Å². The van der Waals surface area contributed by atoms with E-state index in [1.54, 1.807) is 0 Å². The molecule has 7 heteroatoms. The second kappa shape index (κ2) is 5.05. The number of benzene rings is 1. The summed E-state index contributed by atoms with van der Waals surface area (Å²) in [5.41, 5.74) is 1.87. The molecule has 0 aliphatic carbocycles. The van der Waals surface area contributed by atoms with Gasteiger partial charge in [0.25, 0.3) is 0 Å². The Morgan fingerprint density at radius 2 is 1.95 bits per heavy atom. The maximum absolute atomic E-state index is 10.8. The van der Waals surface area contributed by atoms with Gasteiger partial charge in [-0.15, -0.1) is 15.0 Å². The van der Waals surface area contributed by atoms with Crippen molar-refractivity contribution >= 4 is 11.7 Å². The van der Waals surface area contributed by atoms with E-state index in [9.17, 15) is 4.79 Å². The number of rotatable bonds is 4. The fourth-order valence-electron chi connectivity index (χ4n) is 1.51. The summed E-state index contributed by atoms with van der Waals surface area (Å²) in [7, 11) is 3.91. The molecule has 0 radical (unpaired) electrons. The van der Waals surface area contributed by atoms with Crippen LogP contribution in [-0.4, -0.2) is 45.4 Å². The lowest BCUT2D eigenvalue weighted by molar-refractivity contribution is -0.141. The SMILES string of the molecule is CC(C(=O)O)n1nnc(-c2ccc(N(C)C)cc2)n1. The van der Waals surface area contributed by atoms with Crippen LogP contribution >= 0.6 is 0 Å². The number of carboxylic acids is 1. The molecule has 0 saturated heterocycles. The number of hydrogen-bond donors (Lipinski definition) is 1. The van der Waals surface area contributed by atoms with E-state index in [0.717, 1.165) is 16.0 Å². The average molecular weight is 261 g/mol. The molecule has 0 bridgehead atoms. The van der Waals surface area contributed by atoms with Crippen LogP contribution in [0.5, 0.6) is 0 Å². The van der Waals surface area contributed by atoms with Crippen LogP contribution in [0.25, 0.3) is 11.4 Å². The summed E-state index contributed by atoms with van der Waals surface area (Å²) in [6.45, 7) is 1.50. The van der Waals surface area contributed by atoms with Gasteiger partial charge in [-0.05, 0) is 36.4 Å². The third-order valence-electron chi connectivity index (χ3n) is 2.77. The predicted octanol–water partition coefficient (Wildman–Crippen LogP) is 1.05. The van der Waals surface area contributed by atoms with Gasteiger partial charge in [-0.2, -0.15) is 0 Å². The monoisotopic (exact) mass is 261 g/mol. The second-order valence-corrected chi connectivity index (χ2v) is 4.39. The third-order valence-corrected chi connectivity index (χ3v) is 2.77. The molecule has 0 amide bonds. The Morgan fingerprint density at radius 3 is 2.47 bits per heavy atom. The van der Waals surface area contributed by atoms with E-state index in [1.165, 1.54) is 6.92 Å². The van der Waals surface area contributed by atoms with E-state index in [0.29, 0.717) is 5.82 Å². The van der Waals surface area contributed by atoms with Gasteiger partial charge in [-0.25, -0.2) is 4.79 Å². The van der Waals surface area contributed by atoms with Gasteiger partial charge >= 0.3 is 5.97 Å². The number of nitrogens with zero attached hydrogens (tertiary/aromatic N) is 5. The Kier molecular flexibility index (Phi) is 3.46. The molecule has 2 aromatic rings. The minimum absolute atomic E-state index is 0.415. The van der Waals surface area contributed by atoms with Crippen molar-refractivity contribution < 1.29 is 9.90 Å². The predicted molar refractivity (Wildman–Crippen MR) is 69.9 cm³/mol. The van der Waals surface area contributed by atoms with E-state index in [1.807, 2.05) is 43.3 Å². The lowest BCUT2D eigenvalue weighted by Gasteiger charge is -2.11. The van der Waals surface area contributed by atoms with Crippen molar-refractivity contribution in [2.75, 3.05) is 19.0 Å². The van der Waals surface area contributed by atoms with Gasteiger partial charge in [0.1, 0.15) is 0 Å². The first-order valence-corrected chi connectivity index (χ1v) is 5.79. The smallest absolute Gasteiger partial charge is 0.330 e. The lowest BCUT2D eigenvalue weighted by Crippen LogP contribution is -2.18. The number of aromatic nitrogens is 4. The number of carboxylic acid groups (broad SMARTS) is 1. The summed E-state index contributed by atoms with van der Waals surface area (Å²) in [6.07, 6.45) is 0. The van der Waals surface area contributed by atoms with Crippen molar-refractivity contribution in [3.63, 3.8) is 0 Å². The van der Waals surface area contributed by atoms with Gasteiger partial charge in [0, 0.05) is 25.3 Å². The number of anilines is 1. The van der Waals surface area contributed by atoms with Gasteiger partial charge in [-0.1, -0.05) is 0 Å². The Morgan fingerprint density at radius 1 is 1.32 bits per heavy atom. The molecule has 1 heterocycles. The molecule has 1 N–H and O–H groups in total. The number of carbonyl (C=O) groups is 1. The molecule has 0 fully saturated rings. The van der Waals surface area contributed by atoms with Gasteiger partial charge in [-0.3, -0.25) is 0 Å². The highest BCUT2D eigenvalue weighted by atomic mass is 16.4. The number of aliphatic carboxylic acids is 1. The fourth-order valence-corrected chi connectivity index (χ4v) is 1.51. The molecule has 1 aromatic heterocycles. The van der Waals surface area contributed by atoms with Crippen molar-refractivity contribution in [3.8, 4) is 11.4 Å². The maximum atomic E-state index is 10.8. The highest BCUT2D eigenvalue weighted by molar-refractivity contribution is 5.71. The van der Waals surface area contributed by atoms with Crippen LogP contribution in [0, 0.1) is 0 Å². The minimum Gasteiger partial charge on any atom is -0.480 e. The van der Waals surface area contributed by atoms with Crippen LogP contribution < -0.4 is 4.90 Å². The highest BCUT2D eigenvalue weighted by Gasteiger charge is 2.17. The Balaban J connectivity index is 2.25. The van der Waals surface area contributed by atoms with Gasteiger partial charge in [0.2, 0.25) is 5.82 Å².